The molecule has 0 aliphatic carbocycles. The number of urea groups is 1. The molecule has 3 saturated heterocycles. The van der Waals surface area contributed by atoms with Crippen LogP contribution in [-0.2, 0) is 32.4 Å². The van der Waals surface area contributed by atoms with Crippen LogP contribution >= 0.6 is 22.9 Å². The van der Waals surface area contributed by atoms with Gasteiger partial charge in [-0.1, -0.05) is 48.5 Å². The van der Waals surface area contributed by atoms with Gasteiger partial charge in [0.1, 0.15) is 11.1 Å². The Kier molecular flexibility index (Phi) is 13.3. The molecular weight excluding hydrogens is 917 g/mol. The molecule has 1 atom stereocenters. The fourth-order valence-electron chi connectivity index (χ4n) is 8.89. The van der Waals surface area contributed by atoms with E-state index in [-0.39, 0.29) is 80.2 Å². The minimum atomic E-state index is -3.78. The number of ether oxygens (including phenoxy) is 1. The number of carboxylic acids is 2. The Morgan fingerprint density at radius 3 is 2.39 bits per heavy atom. The summed E-state index contributed by atoms with van der Waals surface area (Å²) in [5.74, 6) is -4.22. The van der Waals surface area contributed by atoms with Crippen molar-refractivity contribution in [2.75, 3.05) is 43.4 Å². The number of anilines is 2. The lowest BCUT2D eigenvalue weighted by Crippen LogP contribution is -2.42. The first-order chi connectivity index (χ1) is 31.5. The first-order valence-corrected chi connectivity index (χ1v) is 24.1. The van der Waals surface area contributed by atoms with Crippen molar-refractivity contribution in [3.05, 3.63) is 110 Å². The molecule has 5 heterocycles. The molecule has 17 nitrogen and oxygen atoms in total. The number of likely N-dealkylation sites (tertiary alicyclic amines) is 1. The Morgan fingerprint density at radius 2 is 1.70 bits per heavy atom. The molecule has 3 aliphatic heterocycles. The van der Waals surface area contributed by atoms with Crippen molar-refractivity contribution in [1.29, 1.82) is 0 Å². The molecule has 8 rings (SSSR count). The Morgan fingerprint density at radius 1 is 0.970 bits per heavy atom. The number of hydrogen-bond acceptors (Lipinski definition) is 10. The van der Waals surface area contributed by atoms with Crippen LogP contribution < -0.4 is 26.4 Å². The largest absolute Gasteiger partial charge is 0.479 e. The highest BCUT2D eigenvalue weighted by molar-refractivity contribution is 7.88. The first-order valence-electron chi connectivity index (χ1n) is 21.3. The quantitative estimate of drug-likeness (QED) is 0.0825. The molecule has 0 radical (unpaired) electrons. The fourth-order valence-corrected chi connectivity index (χ4v) is 11.9. The summed E-state index contributed by atoms with van der Waals surface area (Å²) >= 11 is 7.05. The van der Waals surface area contributed by atoms with Crippen LogP contribution in [0.15, 0.2) is 77.7 Å². The number of aromatic nitrogens is 2. The lowest BCUT2D eigenvalue weighted by atomic mass is 9.89. The standard InChI is InChI=1S/C45H47ClFN7O10S2/c1-25-9-11-34(42(57)48-25)54-33-12-10-28(22-35(33)51(2)45(54)61)27-13-17-52(18-14-27)44(60)50-30-6-3-5-26(21-30)24-66(62,63)53-19-15-29(16-20-53)49-32-8-4-7-31(38(32)47)40-37(46)39(64-23-36(55)56)41(65-40)43(58)59/h3-8,10,12,21-22,27,29,34,49H,1,9,11,13-20,23-24H2,2H3,(H,48,57)(H,50,60)(H,55,56)(H,58,59)/t34-/m1/s1. The SMILES string of the molecule is C=C1CC[C@@H](n2c(=O)n(C)c3cc(C4CCN(C(=O)Nc5cccc(CS(=O)(=O)N6CCC(Nc7cccc(-c8sc(C(=O)O)c(OCC(=O)O)c8Cl)c7F)CC6)c5)CC4)ccc32)C(=O)N1. The van der Waals surface area contributed by atoms with Crippen molar-refractivity contribution >= 4 is 79.2 Å². The summed E-state index contributed by atoms with van der Waals surface area (Å²) in [7, 11) is -2.07. The lowest BCUT2D eigenvalue weighted by molar-refractivity contribution is -0.139. The molecule has 5 N–H and O–H groups in total. The van der Waals surface area contributed by atoms with Gasteiger partial charge >= 0.3 is 23.7 Å². The number of carbonyl (C=O) groups excluding carboxylic acids is 2. The molecule has 3 aliphatic rings. The fraction of sp³-hybridized carbons (Fsp3) is 0.356. The number of allylic oxidation sites excluding steroid dienone is 1. The smallest absolute Gasteiger partial charge is 0.349 e. The van der Waals surface area contributed by atoms with Crippen LogP contribution in [0.5, 0.6) is 5.75 Å². The molecule has 2 aromatic heterocycles. The summed E-state index contributed by atoms with van der Waals surface area (Å²) in [4.78, 5) is 63.8. The van der Waals surface area contributed by atoms with E-state index >= 15 is 4.39 Å². The molecule has 3 amide bonds. The summed E-state index contributed by atoms with van der Waals surface area (Å²) in [5, 5.41) is 27.2. The third-order valence-corrected chi connectivity index (χ3v) is 15.8. The van der Waals surface area contributed by atoms with Gasteiger partial charge in [0.15, 0.2) is 23.1 Å². The highest BCUT2D eigenvalue weighted by Crippen LogP contribution is 2.47. The predicted molar refractivity (Wildman–Crippen MR) is 247 cm³/mol. The van der Waals surface area contributed by atoms with E-state index in [9.17, 15) is 37.5 Å². The number of fused-ring (bicyclic) bond motifs is 1. The number of sulfonamides is 1. The number of nitrogens with zero attached hydrogens (tertiary/aromatic N) is 4. The topological polar surface area (TPSA) is 222 Å². The molecular formula is C45H47ClFN7O10S2. The van der Waals surface area contributed by atoms with Gasteiger partial charge in [0.05, 0.1) is 27.4 Å². The van der Waals surface area contributed by atoms with Crippen molar-refractivity contribution in [2.45, 2.75) is 62.3 Å². The van der Waals surface area contributed by atoms with E-state index in [1.165, 1.54) is 16.4 Å². The molecule has 66 heavy (non-hydrogen) atoms. The normalized spacial score (nSPS) is 17.7. The second-order valence-corrected chi connectivity index (χ2v) is 20.0. The number of nitrogens with one attached hydrogen (secondary N) is 3. The van der Waals surface area contributed by atoms with Crippen molar-refractivity contribution < 1.29 is 46.9 Å². The number of aliphatic carboxylic acids is 1. The van der Waals surface area contributed by atoms with Gasteiger partial charge in [-0.2, -0.15) is 0 Å². The molecule has 5 aromatic rings. The molecule has 0 unspecified atom stereocenters. The number of thiophene rings is 1. The van der Waals surface area contributed by atoms with Crippen molar-refractivity contribution in [2.24, 2.45) is 7.05 Å². The van der Waals surface area contributed by atoms with Gasteiger partial charge in [-0.25, -0.2) is 36.3 Å². The van der Waals surface area contributed by atoms with Gasteiger partial charge in [0, 0.05) is 56.2 Å². The Balaban J connectivity index is 0.839. The highest BCUT2D eigenvalue weighted by atomic mass is 35.5. The molecule has 0 spiro atoms. The number of piperidine rings is 3. The molecule has 3 aromatic carbocycles. The minimum absolute atomic E-state index is 0.0146. The third-order valence-electron chi connectivity index (χ3n) is 12.3. The number of carbonyl (C=O) groups is 4. The van der Waals surface area contributed by atoms with E-state index in [1.807, 2.05) is 18.2 Å². The van der Waals surface area contributed by atoms with Gasteiger partial charge in [-0.05, 0) is 85.9 Å². The van der Waals surface area contributed by atoms with Gasteiger partial charge in [0.25, 0.3) is 0 Å². The Bertz CT molecular complexity index is 2940. The highest BCUT2D eigenvalue weighted by Gasteiger charge is 2.33. The average molecular weight is 964 g/mol. The van der Waals surface area contributed by atoms with Gasteiger partial charge in [-0.15, -0.1) is 11.3 Å². The summed E-state index contributed by atoms with van der Waals surface area (Å²) in [6, 6.07) is 15.9. The van der Waals surface area contributed by atoms with Crippen LogP contribution in [0.2, 0.25) is 5.02 Å². The second kappa shape index (κ2) is 18.9. The number of rotatable bonds is 13. The van der Waals surface area contributed by atoms with E-state index in [1.54, 1.807) is 51.4 Å². The monoisotopic (exact) mass is 963 g/mol. The zero-order valence-electron chi connectivity index (χ0n) is 35.7. The van der Waals surface area contributed by atoms with E-state index in [0.29, 0.717) is 85.4 Å². The molecule has 0 bridgehead atoms. The molecule has 3 fully saturated rings. The number of aromatic carboxylic acids is 1. The average Bonchev–Trinajstić information content (AvgIpc) is 3.74. The number of hydrogen-bond donors (Lipinski definition) is 5. The van der Waals surface area contributed by atoms with E-state index < -0.39 is 40.4 Å². The van der Waals surface area contributed by atoms with Crippen molar-refractivity contribution in [3.8, 4) is 16.2 Å². The number of amides is 3. The summed E-state index contributed by atoms with van der Waals surface area (Å²) in [5.41, 5.74) is 3.90. The van der Waals surface area contributed by atoms with E-state index in [4.69, 9.17) is 21.4 Å². The van der Waals surface area contributed by atoms with Crippen LogP contribution in [0.25, 0.3) is 21.5 Å². The maximum absolute atomic E-state index is 15.9. The molecule has 0 saturated carbocycles. The third kappa shape index (κ3) is 9.53. The van der Waals surface area contributed by atoms with Crippen molar-refractivity contribution in [3.63, 3.8) is 0 Å². The van der Waals surface area contributed by atoms with Gasteiger partial charge in [-0.3, -0.25) is 13.9 Å². The van der Waals surface area contributed by atoms with Crippen LogP contribution in [0.1, 0.15) is 71.3 Å². The number of benzene rings is 3. The Hall–Kier alpha value is -6.22. The van der Waals surface area contributed by atoms with Gasteiger partial charge < -0.3 is 35.8 Å². The number of imidazole rings is 1. The second-order valence-electron chi connectivity index (χ2n) is 16.6. The molecule has 21 heteroatoms. The zero-order chi connectivity index (χ0) is 47.0. The lowest BCUT2D eigenvalue weighted by Gasteiger charge is -2.32. The van der Waals surface area contributed by atoms with Crippen LogP contribution in [0.4, 0.5) is 20.6 Å². The van der Waals surface area contributed by atoms with Gasteiger partial charge in [0.2, 0.25) is 15.9 Å². The van der Waals surface area contributed by atoms with Crippen LogP contribution in [-0.4, -0.2) is 99.7 Å². The summed E-state index contributed by atoms with van der Waals surface area (Å²) < 4.78 is 52.8. The van der Waals surface area contributed by atoms with Crippen LogP contribution in [0, 0.1) is 5.82 Å². The van der Waals surface area contributed by atoms with Crippen LogP contribution in [0.3, 0.4) is 0 Å². The van der Waals surface area contributed by atoms with Crippen molar-refractivity contribution in [1.82, 2.24) is 23.7 Å². The van der Waals surface area contributed by atoms with E-state index in [0.717, 1.165) is 11.1 Å². The predicted octanol–water partition coefficient (Wildman–Crippen LogP) is 6.81. The summed E-state index contributed by atoms with van der Waals surface area (Å²) in [6.45, 7) is 4.32. The maximum atomic E-state index is 15.9. The van der Waals surface area contributed by atoms with E-state index in [2.05, 4.69) is 22.5 Å². The zero-order valence-corrected chi connectivity index (χ0v) is 38.1. The Labute approximate surface area is 387 Å². The summed E-state index contributed by atoms with van der Waals surface area (Å²) in [6.07, 6.45) is 3.21. The number of carboxylic acid groups (broad SMARTS) is 2. The minimum Gasteiger partial charge on any atom is -0.479 e. The first kappa shape index (κ1) is 46.3. The number of halogens is 2. The molecule has 348 valence electrons. The number of aryl methyl sites for hydroxylation is 1. The maximum Gasteiger partial charge on any atom is 0.349 e.